The summed E-state index contributed by atoms with van der Waals surface area (Å²) in [4.78, 5) is 11.5. The molecule has 0 spiro atoms. The lowest BCUT2D eigenvalue weighted by Crippen LogP contribution is -2.46. The highest BCUT2D eigenvalue weighted by Gasteiger charge is 2.17. The van der Waals surface area contributed by atoms with Crippen LogP contribution in [0.15, 0.2) is 24.3 Å². The summed E-state index contributed by atoms with van der Waals surface area (Å²) in [6.45, 7) is 0. The lowest BCUT2D eigenvalue weighted by atomic mass is 10.0. The Kier molecular flexibility index (Phi) is 4.28. The molecule has 1 atom stereocenters. The molecule has 4 N–H and O–H groups in total. The fourth-order valence-corrected chi connectivity index (χ4v) is 1.46. The molecule has 0 saturated carbocycles. The summed E-state index contributed by atoms with van der Waals surface area (Å²) in [5.74, 6) is 5.76. The van der Waals surface area contributed by atoms with Crippen LogP contribution in [-0.2, 0) is 11.2 Å². The van der Waals surface area contributed by atoms with Crippen LogP contribution < -0.4 is 16.3 Å². The molecule has 1 rings (SSSR count). The molecule has 0 saturated heterocycles. The second kappa shape index (κ2) is 5.48. The molecule has 0 fully saturated rings. The number of rotatable bonds is 4. The van der Waals surface area contributed by atoms with Gasteiger partial charge in [0.2, 0.25) is 0 Å². The molecule has 1 amide bonds. The van der Waals surface area contributed by atoms with Crippen LogP contribution >= 0.6 is 0 Å². The van der Waals surface area contributed by atoms with E-state index in [4.69, 9.17) is 16.3 Å². The second-order valence-electron chi connectivity index (χ2n) is 3.57. The first-order valence-corrected chi connectivity index (χ1v) is 4.96. The van der Waals surface area contributed by atoms with Crippen molar-refractivity contribution in [2.45, 2.75) is 12.5 Å². The highest BCUT2D eigenvalue weighted by atomic mass is 16.5. The molecule has 0 radical (unpaired) electrons. The second-order valence-corrected chi connectivity index (χ2v) is 3.57. The van der Waals surface area contributed by atoms with E-state index in [0.29, 0.717) is 6.42 Å². The van der Waals surface area contributed by atoms with Crippen LogP contribution in [0.4, 0.5) is 0 Å². The average molecular weight is 223 g/mol. The number of nitrogens with zero attached hydrogens (tertiary/aromatic N) is 1. The zero-order chi connectivity index (χ0) is 12.1. The van der Waals surface area contributed by atoms with Gasteiger partial charge in [-0.1, -0.05) is 18.2 Å². The summed E-state index contributed by atoms with van der Waals surface area (Å²) in [5.41, 5.74) is 6.64. The van der Waals surface area contributed by atoms with Crippen LogP contribution in [-0.4, -0.2) is 31.1 Å². The highest BCUT2D eigenvalue weighted by Crippen LogP contribution is 2.18. The van der Waals surface area contributed by atoms with Crippen molar-refractivity contribution in [1.29, 1.82) is 0 Å². The zero-order valence-corrected chi connectivity index (χ0v) is 9.51. The van der Waals surface area contributed by atoms with Gasteiger partial charge < -0.3 is 10.5 Å². The van der Waals surface area contributed by atoms with Crippen molar-refractivity contribution in [2.24, 2.45) is 11.6 Å². The Labute approximate surface area is 94.9 Å². The van der Waals surface area contributed by atoms with Gasteiger partial charge in [0.15, 0.2) is 0 Å². The minimum atomic E-state index is -0.647. The number of carbonyl (C=O) groups excluding carboxylic acids is 1. The van der Waals surface area contributed by atoms with E-state index < -0.39 is 6.04 Å². The number of hydrazine groups is 1. The van der Waals surface area contributed by atoms with Gasteiger partial charge in [0.25, 0.3) is 5.91 Å². The molecular formula is C11H17N3O2. The van der Waals surface area contributed by atoms with Gasteiger partial charge in [-0.05, 0) is 11.6 Å². The molecule has 0 aromatic heterocycles. The van der Waals surface area contributed by atoms with E-state index in [1.165, 1.54) is 7.05 Å². The molecule has 0 bridgehead atoms. The molecule has 0 aliphatic rings. The Balaban J connectivity index is 2.76. The maximum absolute atomic E-state index is 11.5. The van der Waals surface area contributed by atoms with Crippen LogP contribution in [0.25, 0.3) is 0 Å². The van der Waals surface area contributed by atoms with E-state index in [1.807, 2.05) is 24.3 Å². The largest absolute Gasteiger partial charge is 0.496 e. The number of carbonyl (C=O) groups is 1. The van der Waals surface area contributed by atoms with Gasteiger partial charge in [-0.3, -0.25) is 9.80 Å². The van der Waals surface area contributed by atoms with E-state index in [1.54, 1.807) is 7.11 Å². The van der Waals surface area contributed by atoms with Crippen molar-refractivity contribution >= 4 is 5.91 Å². The Morgan fingerprint density at radius 2 is 2.12 bits per heavy atom. The smallest absolute Gasteiger partial charge is 0.253 e. The third-order valence-corrected chi connectivity index (χ3v) is 2.30. The van der Waals surface area contributed by atoms with E-state index in [0.717, 1.165) is 16.3 Å². The molecule has 1 aromatic rings. The van der Waals surface area contributed by atoms with Gasteiger partial charge in [0.1, 0.15) is 5.75 Å². The van der Waals surface area contributed by atoms with Crippen molar-refractivity contribution in [3.05, 3.63) is 29.8 Å². The molecule has 1 aromatic carbocycles. The topological polar surface area (TPSA) is 81.6 Å². The van der Waals surface area contributed by atoms with Crippen molar-refractivity contribution < 1.29 is 9.53 Å². The van der Waals surface area contributed by atoms with Crippen LogP contribution in [0.3, 0.4) is 0 Å². The third kappa shape index (κ3) is 2.95. The Morgan fingerprint density at radius 3 is 2.69 bits per heavy atom. The van der Waals surface area contributed by atoms with E-state index in [9.17, 15) is 4.79 Å². The fourth-order valence-electron chi connectivity index (χ4n) is 1.46. The maximum Gasteiger partial charge on any atom is 0.253 e. The first-order valence-electron chi connectivity index (χ1n) is 4.96. The number of benzene rings is 1. The van der Waals surface area contributed by atoms with Gasteiger partial charge in [-0.2, -0.15) is 0 Å². The van der Waals surface area contributed by atoms with E-state index in [2.05, 4.69) is 0 Å². The lowest BCUT2D eigenvalue weighted by Gasteiger charge is -2.17. The summed E-state index contributed by atoms with van der Waals surface area (Å²) >= 11 is 0. The quantitative estimate of drug-likeness (QED) is 0.424. The maximum atomic E-state index is 11.5. The summed E-state index contributed by atoms with van der Waals surface area (Å²) in [6.07, 6.45) is 0.407. The molecule has 5 nitrogen and oxygen atoms in total. The highest BCUT2D eigenvalue weighted by molar-refractivity contribution is 5.81. The molecule has 16 heavy (non-hydrogen) atoms. The average Bonchev–Trinajstić information content (AvgIpc) is 2.28. The van der Waals surface area contributed by atoms with Crippen LogP contribution in [0.2, 0.25) is 0 Å². The number of methoxy groups -OCH3 is 1. The Morgan fingerprint density at radius 1 is 1.50 bits per heavy atom. The van der Waals surface area contributed by atoms with Crippen molar-refractivity contribution in [1.82, 2.24) is 5.01 Å². The van der Waals surface area contributed by atoms with Crippen LogP contribution in [0.1, 0.15) is 5.56 Å². The molecule has 88 valence electrons. The molecule has 0 aliphatic carbocycles. The standard InChI is InChI=1S/C11H17N3O2/c1-14(13)11(15)9(12)7-8-5-3-4-6-10(8)16-2/h3-6,9H,7,12-13H2,1-2H3. The minimum absolute atomic E-state index is 0.300. The van der Waals surface area contributed by atoms with Crippen molar-refractivity contribution in [3.8, 4) is 5.75 Å². The summed E-state index contributed by atoms with van der Waals surface area (Å²) < 4.78 is 5.17. The first kappa shape index (κ1) is 12.5. The van der Waals surface area contributed by atoms with Gasteiger partial charge in [0, 0.05) is 13.5 Å². The van der Waals surface area contributed by atoms with E-state index in [-0.39, 0.29) is 5.91 Å². The lowest BCUT2D eigenvalue weighted by molar-refractivity contribution is -0.131. The summed E-state index contributed by atoms with van der Waals surface area (Å²) in [7, 11) is 3.06. The van der Waals surface area contributed by atoms with Crippen LogP contribution in [0, 0.1) is 0 Å². The third-order valence-electron chi connectivity index (χ3n) is 2.30. The number of likely N-dealkylation sites (N-methyl/N-ethyl adjacent to an activating group) is 1. The van der Waals surface area contributed by atoms with Crippen molar-refractivity contribution in [2.75, 3.05) is 14.2 Å². The Hall–Kier alpha value is -1.59. The normalized spacial score (nSPS) is 12.0. The van der Waals surface area contributed by atoms with Gasteiger partial charge in [0.05, 0.1) is 13.2 Å². The predicted molar refractivity (Wildman–Crippen MR) is 61.6 cm³/mol. The van der Waals surface area contributed by atoms with Gasteiger partial charge in [-0.25, -0.2) is 5.84 Å². The summed E-state index contributed by atoms with van der Waals surface area (Å²) in [6, 6.07) is 6.80. The number of nitrogens with two attached hydrogens (primary N) is 2. The number of hydrogen-bond donors (Lipinski definition) is 2. The number of hydrogen-bond acceptors (Lipinski definition) is 4. The molecular weight excluding hydrogens is 206 g/mol. The molecule has 5 heteroatoms. The minimum Gasteiger partial charge on any atom is -0.496 e. The SMILES string of the molecule is COc1ccccc1CC(N)C(=O)N(C)N. The number of ether oxygens (including phenoxy) is 1. The first-order chi connectivity index (χ1) is 7.56. The predicted octanol–water partition coefficient (Wildman–Crippen LogP) is -0.103. The van der Waals surface area contributed by atoms with Gasteiger partial charge >= 0.3 is 0 Å². The van der Waals surface area contributed by atoms with E-state index >= 15 is 0 Å². The fraction of sp³-hybridized carbons (Fsp3) is 0.364. The number of amides is 1. The zero-order valence-electron chi connectivity index (χ0n) is 9.51. The number of para-hydroxylation sites is 1. The van der Waals surface area contributed by atoms with Crippen LogP contribution in [0.5, 0.6) is 5.75 Å². The summed E-state index contributed by atoms with van der Waals surface area (Å²) in [5, 5.41) is 1.00. The Bertz CT molecular complexity index is 366. The monoisotopic (exact) mass is 223 g/mol. The molecule has 1 unspecified atom stereocenters. The van der Waals surface area contributed by atoms with Crippen molar-refractivity contribution in [3.63, 3.8) is 0 Å². The molecule has 0 aliphatic heterocycles. The molecule has 0 heterocycles. The van der Waals surface area contributed by atoms with Gasteiger partial charge in [-0.15, -0.1) is 0 Å².